The summed E-state index contributed by atoms with van der Waals surface area (Å²) in [6.45, 7) is 2.33. The summed E-state index contributed by atoms with van der Waals surface area (Å²) in [4.78, 5) is 21.2. The molecule has 0 heterocycles. The molecule has 1 rings (SSSR count). The maximum atomic E-state index is 11.2. The summed E-state index contributed by atoms with van der Waals surface area (Å²) in [5, 5.41) is 24.8. The molecule has 0 saturated carbocycles. The molecular formula is C11H12N4O3. The minimum absolute atomic E-state index is 0.0142. The highest BCUT2D eigenvalue weighted by Crippen LogP contribution is 2.20. The number of carbonyl (C=O) groups is 1. The third-order valence-electron chi connectivity index (χ3n) is 2.15. The minimum Gasteiger partial charge on any atom is -0.375 e. The number of carbonyl (C=O) groups excluding carboxylic acids is 1. The van der Waals surface area contributed by atoms with Crippen LogP contribution in [0.3, 0.4) is 0 Å². The van der Waals surface area contributed by atoms with Crippen molar-refractivity contribution in [1.82, 2.24) is 5.32 Å². The number of nitriles is 1. The fraction of sp³-hybridized carbons (Fsp3) is 0.273. The molecule has 7 heteroatoms. The second-order valence-corrected chi connectivity index (χ2v) is 3.41. The summed E-state index contributed by atoms with van der Waals surface area (Å²) in [5.74, 6) is -0.209. The molecular weight excluding hydrogens is 236 g/mol. The maximum absolute atomic E-state index is 11.2. The fourth-order valence-corrected chi connectivity index (χ4v) is 1.33. The molecule has 1 aromatic rings. The van der Waals surface area contributed by atoms with Crippen molar-refractivity contribution >= 4 is 17.3 Å². The van der Waals surface area contributed by atoms with Crippen LogP contribution in [0, 0.1) is 21.4 Å². The predicted molar refractivity (Wildman–Crippen MR) is 65.0 cm³/mol. The van der Waals surface area contributed by atoms with Crippen LogP contribution in [0.1, 0.15) is 12.5 Å². The molecule has 0 saturated heterocycles. The molecule has 7 nitrogen and oxygen atoms in total. The van der Waals surface area contributed by atoms with E-state index in [1.165, 1.54) is 18.2 Å². The number of amides is 1. The van der Waals surface area contributed by atoms with Gasteiger partial charge in [-0.15, -0.1) is 0 Å². The van der Waals surface area contributed by atoms with Gasteiger partial charge < -0.3 is 10.6 Å². The van der Waals surface area contributed by atoms with Crippen molar-refractivity contribution in [3.05, 3.63) is 33.9 Å². The standard InChI is InChI=1S/C11H12N4O3/c1-2-13-11(16)7-14-10-4-3-9(15(17)18)5-8(10)6-12/h3-5,14H,2,7H2,1H3,(H,13,16). The molecule has 1 aromatic carbocycles. The van der Waals surface area contributed by atoms with Gasteiger partial charge in [0.2, 0.25) is 5.91 Å². The first-order valence-electron chi connectivity index (χ1n) is 5.27. The van der Waals surface area contributed by atoms with E-state index >= 15 is 0 Å². The lowest BCUT2D eigenvalue weighted by Gasteiger charge is -2.07. The Labute approximate surface area is 104 Å². The van der Waals surface area contributed by atoms with Crippen molar-refractivity contribution in [2.45, 2.75) is 6.92 Å². The number of hydrogen-bond acceptors (Lipinski definition) is 5. The van der Waals surface area contributed by atoms with Crippen molar-refractivity contribution < 1.29 is 9.72 Å². The summed E-state index contributed by atoms with van der Waals surface area (Å²) in [5.41, 5.74) is 0.373. The van der Waals surface area contributed by atoms with Gasteiger partial charge in [-0.25, -0.2) is 0 Å². The predicted octanol–water partition coefficient (Wildman–Crippen LogP) is 1.01. The Bertz CT molecular complexity index is 508. The van der Waals surface area contributed by atoms with E-state index in [0.29, 0.717) is 12.2 Å². The molecule has 94 valence electrons. The number of likely N-dealkylation sites (N-methyl/N-ethyl adjacent to an activating group) is 1. The Morgan fingerprint density at radius 1 is 1.56 bits per heavy atom. The summed E-state index contributed by atoms with van der Waals surface area (Å²) in [7, 11) is 0. The monoisotopic (exact) mass is 248 g/mol. The molecule has 0 aromatic heterocycles. The van der Waals surface area contributed by atoms with Gasteiger partial charge in [-0.3, -0.25) is 14.9 Å². The topological polar surface area (TPSA) is 108 Å². The average Bonchev–Trinajstić information content (AvgIpc) is 2.36. The van der Waals surface area contributed by atoms with Crippen LogP contribution in [-0.2, 0) is 4.79 Å². The molecule has 0 unspecified atom stereocenters. The average molecular weight is 248 g/mol. The molecule has 0 aliphatic carbocycles. The molecule has 0 aliphatic heterocycles. The van der Waals surface area contributed by atoms with Crippen molar-refractivity contribution in [2.24, 2.45) is 0 Å². The van der Waals surface area contributed by atoms with E-state index in [0.717, 1.165) is 0 Å². The van der Waals surface area contributed by atoms with Crippen LogP contribution in [-0.4, -0.2) is 23.9 Å². The quantitative estimate of drug-likeness (QED) is 0.597. The lowest BCUT2D eigenvalue weighted by atomic mass is 10.1. The number of anilines is 1. The Morgan fingerprint density at radius 2 is 2.28 bits per heavy atom. The number of benzene rings is 1. The largest absolute Gasteiger partial charge is 0.375 e. The zero-order valence-electron chi connectivity index (χ0n) is 9.77. The van der Waals surface area contributed by atoms with E-state index in [9.17, 15) is 14.9 Å². The molecule has 0 aliphatic rings. The van der Waals surface area contributed by atoms with Gasteiger partial charge in [0.25, 0.3) is 5.69 Å². The van der Waals surface area contributed by atoms with Crippen LogP contribution in [0.25, 0.3) is 0 Å². The van der Waals surface area contributed by atoms with Crippen molar-refractivity contribution in [1.29, 1.82) is 5.26 Å². The first-order valence-corrected chi connectivity index (χ1v) is 5.27. The lowest BCUT2D eigenvalue weighted by Crippen LogP contribution is -2.29. The normalized spacial score (nSPS) is 9.33. The Kier molecular flexibility index (Phi) is 4.63. The SMILES string of the molecule is CCNC(=O)CNc1ccc([N+](=O)[O-])cc1C#N. The van der Waals surface area contributed by atoms with E-state index < -0.39 is 4.92 Å². The fourth-order valence-electron chi connectivity index (χ4n) is 1.33. The van der Waals surface area contributed by atoms with Crippen LogP contribution in [0.2, 0.25) is 0 Å². The van der Waals surface area contributed by atoms with Crippen LogP contribution in [0.5, 0.6) is 0 Å². The van der Waals surface area contributed by atoms with Gasteiger partial charge >= 0.3 is 0 Å². The van der Waals surface area contributed by atoms with E-state index in [4.69, 9.17) is 5.26 Å². The summed E-state index contributed by atoms with van der Waals surface area (Å²) >= 11 is 0. The van der Waals surface area contributed by atoms with Crippen molar-refractivity contribution in [2.75, 3.05) is 18.4 Å². The Hall–Kier alpha value is -2.62. The zero-order chi connectivity index (χ0) is 13.5. The number of nitro benzene ring substituents is 1. The summed E-state index contributed by atoms with van der Waals surface area (Å²) in [6.07, 6.45) is 0. The van der Waals surface area contributed by atoms with Crippen LogP contribution < -0.4 is 10.6 Å². The summed E-state index contributed by atoms with van der Waals surface area (Å²) in [6, 6.07) is 5.71. The first-order chi connectivity index (χ1) is 8.58. The minimum atomic E-state index is -0.575. The van der Waals surface area contributed by atoms with Crippen molar-refractivity contribution in [3.63, 3.8) is 0 Å². The number of nitrogens with zero attached hydrogens (tertiary/aromatic N) is 2. The number of non-ortho nitro benzene ring substituents is 1. The smallest absolute Gasteiger partial charge is 0.270 e. The van der Waals surface area contributed by atoms with Gasteiger partial charge in [0.05, 0.1) is 22.7 Å². The molecule has 18 heavy (non-hydrogen) atoms. The van der Waals surface area contributed by atoms with E-state index in [2.05, 4.69) is 10.6 Å². The number of nitro groups is 1. The maximum Gasteiger partial charge on any atom is 0.270 e. The Balaban J connectivity index is 2.81. The molecule has 2 N–H and O–H groups in total. The van der Waals surface area contributed by atoms with Crippen molar-refractivity contribution in [3.8, 4) is 6.07 Å². The van der Waals surface area contributed by atoms with E-state index in [-0.39, 0.29) is 23.7 Å². The van der Waals surface area contributed by atoms with Gasteiger partial charge in [-0.2, -0.15) is 5.26 Å². The van der Waals surface area contributed by atoms with Crippen LogP contribution in [0.4, 0.5) is 11.4 Å². The molecule has 0 fully saturated rings. The third-order valence-corrected chi connectivity index (χ3v) is 2.15. The number of rotatable bonds is 5. The van der Waals surface area contributed by atoms with Crippen LogP contribution >= 0.6 is 0 Å². The van der Waals surface area contributed by atoms with E-state index in [1.54, 1.807) is 6.92 Å². The first kappa shape index (κ1) is 13.4. The Morgan fingerprint density at radius 3 is 2.83 bits per heavy atom. The number of nitrogens with one attached hydrogen (secondary N) is 2. The molecule has 1 amide bonds. The van der Waals surface area contributed by atoms with Gasteiger partial charge in [0.1, 0.15) is 6.07 Å². The highest BCUT2D eigenvalue weighted by atomic mass is 16.6. The van der Waals surface area contributed by atoms with Crippen LogP contribution in [0.15, 0.2) is 18.2 Å². The lowest BCUT2D eigenvalue weighted by molar-refractivity contribution is -0.384. The zero-order valence-corrected chi connectivity index (χ0v) is 9.77. The summed E-state index contributed by atoms with van der Waals surface area (Å²) < 4.78 is 0. The second kappa shape index (κ2) is 6.20. The third kappa shape index (κ3) is 3.45. The van der Waals surface area contributed by atoms with Gasteiger partial charge in [-0.1, -0.05) is 0 Å². The highest BCUT2D eigenvalue weighted by Gasteiger charge is 2.11. The van der Waals surface area contributed by atoms with Gasteiger partial charge in [0.15, 0.2) is 0 Å². The molecule has 0 spiro atoms. The molecule has 0 bridgehead atoms. The molecule has 0 radical (unpaired) electrons. The number of hydrogen-bond donors (Lipinski definition) is 2. The van der Waals surface area contributed by atoms with Gasteiger partial charge in [-0.05, 0) is 13.0 Å². The highest BCUT2D eigenvalue weighted by molar-refractivity contribution is 5.81. The molecule has 0 atom stereocenters. The van der Waals surface area contributed by atoms with Gasteiger partial charge in [0, 0.05) is 18.7 Å². The van der Waals surface area contributed by atoms with E-state index in [1.807, 2.05) is 6.07 Å². The second-order valence-electron chi connectivity index (χ2n) is 3.41.